The lowest BCUT2D eigenvalue weighted by molar-refractivity contribution is -0.133. The number of aryl methyl sites for hydroxylation is 1. The molecule has 30 heavy (non-hydrogen) atoms. The number of carbonyl (C=O) groups is 2. The number of carbonyl (C=O) groups excluding carboxylic acids is 2. The van der Waals surface area contributed by atoms with Crippen LogP contribution in [0.2, 0.25) is 0 Å². The van der Waals surface area contributed by atoms with Gasteiger partial charge in [0, 0.05) is 43.7 Å². The van der Waals surface area contributed by atoms with Gasteiger partial charge in [-0.2, -0.15) is 11.8 Å². The van der Waals surface area contributed by atoms with Crippen LogP contribution in [0.4, 0.5) is 0 Å². The molecule has 3 rings (SSSR count). The van der Waals surface area contributed by atoms with Crippen molar-refractivity contribution in [2.75, 3.05) is 38.2 Å². The fourth-order valence-electron chi connectivity index (χ4n) is 3.60. The molecule has 1 N–H and O–H groups in total. The zero-order valence-corrected chi connectivity index (χ0v) is 19.3. The van der Waals surface area contributed by atoms with Gasteiger partial charge in [0.2, 0.25) is 5.91 Å². The molecule has 8 heteroatoms. The monoisotopic (exact) mass is 446 g/mol. The Balaban J connectivity index is 1.59. The van der Waals surface area contributed by atoms with Crippen molar-refractivity contribution in [3.63, 3.8) is 0 Å². The molecule has 1 aromatic carbocycles. The Morgan fingerprint density at radius 1 is 1.20 bits per heavy atom. The van der Waals surface area contributed by atoms with Crippen molar-refractivity contribution in [2.45, 2.75) is 32.4 Å². The third-order valence-electron chi connectivity index (χ3n) is 5.20. The molecule has 2 amide bonds. The number of aromatic nitrogens is 1. The summed E-state index contributed by atoms with van der Waals surface area (Å²) in [5.41, 5.74) is 1.69. The van der Waals surface area contributed by atoms with Gasteiger partial charge >= 0.3 is 0 Å². The highest BCUT2D eigenvalue weighted by molar-refractivity contribution is 7.98. The fourth-order valence-corrected chi connectivity index (χ4v) is 4.68. The molecular weight excluding hydrogens is 416 g/mol. The summed E-state index contributed by atoms with van der Waals surface area (Å²) in [6.07, 6.45) is 3.58. The predicted octanol–water partition coefficient (Wildman–Crippen LogP) is 3.04. The van der Waals surface area contributed by atoms with Crippen LogP contribution in [0.3, 0.4) is 0 Å². The average molecular weight is 447 g/mol. The molecule has 1 unspecified atom stereocenters. The molecule has 0 aliphatic carbocycles. The molecule has 1 saturated heterocycles. The molecule has 1 aliphatic heterocycles. The Labute approximate surface area is 187 Å². The van der Waals surface area contributed by atoms with Gasteiger partial charge in [-0.3, -0.25) is 14.5 Å². The summed E-state index contributed by atoms with van der Waals surface area (Å²) in [6.45, 7) is 6.03. The van der Waals surface area contributed by atoms with Gasteiger partial charge in [-0.1, -0.05) is 18.2 Å². The Morgan fingerprint density at radius 2 is 2.00 bits per heavy atom. The molecule has 1 aromatic heterocycles. The van der Waals surface area contributed by atoms with Gasteiger partial charge < -0.3 is 10.2 Å². The number of hydrogen-bond acceptors (Lipinski definition) is 6. The summed E-state index contributed by atoms with van der Waals surface area (Å²) in [5, 5.41) is 6.17. The highest BCUT2D eigenvalue weighted by Crippen LogP contribution is 2.14. The number of hydrogen-bond donors (Lipinski definition) is 1. The first-order chi connectivity index (χ1) is 14.6. The minimum absolute atomic E-state index is 0.0275. The summed E-state index contributed by atoms with van der Waals surface area (Å²) in [6, 6.07) is 8.60. The summed E-state index contributed by atoms with van der Waals surface area (Å²) in [5.74, 6) is 0.666. The summed E-state index contributed by atoms with van der Waals surface area (Å²) in [4.78, 5) is 34.7. The SMILES string of the molecule is CSCCC(NC(=O)c1ccccc1)C(=O)N1CCCN(Cc2csc(C)n2)CC1. The lowest BCUT2D eigenvalue weighted by Crippen LogP contribution is -2.49. The average Bonchev–Trinajstić information content (AvgIpc) is 3.03. The van der Waals surface area contributed by atoms with Crippen molar-refractivity contribution in [3.05, 3.63) is 52.0 Å². The quantitative estimate of drug-likeness (QED) is 0.675. The standard InChI is InChI=1S/C22H30N4O2S2/c1-17-23-19(16-30-17)15-25-10-6-11-26(13-12-25)22(28)20(9-14-29-2)24-21(27)18-7-4-3-5-8-18/h3-5,7-8,16,20H,6,9-15H2,1-2H3,(H,24,27). The zero-order chi connectivity index (χ0) is 21.3. The number of amides is 2. The van der Waals surface area contributed by atoms with Crippen LogP contribution in [0, 0.1) is 6.92 Å². The van der Waals surface area contributed by atoms with E-state index in [0.717, 1.165) is 49.1 Å². The highest BCUT2D eigenvalue weighted by atomic mass is 32.2. The molecule has 0 bridgehead atoms. The van der Waals surface area contributed by atoms with Gasteiger partial charge in [0.15, 0.2) is 0 Å². The van der Waals surface area contributed by atoms with Gasteiger partial charge in [-0.25, -0.2) is 4.98 Å². The zero-order valence-electron chi connectivity index (χ0n) is 17.7. The van der Waals surface area contributed by atoms with Gasteiger partial charge in [-0.05, 0) is 43.9 Å². The van der Waals surface area contributed by atoms with Crippen LogP contribution in [0.15, 0.2) is 35.7 Å². The maximum Gasteiger partial charge on any atom is 0.251 e. The van der Waals surface area contributed by atoms with Crippen LogP contribution in [-0.2, 0) is 11.3 Å². The highest BCUT2D eigenvalue weighted by Gasteiger charge is 2.27. The fraction of sp³-hybridized carbons (Fsp3) is 0.500. The normalized spacial score (nSPS) is 16.1. The summed E-state index contributed by atoms with van der Waals surface area (Å²) < 4.78 is 0. The van der Waals surface area contributed by atoms with E-state index in [1.54, 1.807) is 35.2 Å². The summed E-state index contributed by atoms with van der Waals surface area (Å²) in [7, 11) is 0. The van der Waals surface area contributed by atoms with Crippen LogP contribution < -0.4 is 5.32 Å². The molecule has 162 valence electrons. The maximum atomic E-state index is 13.3. The van der Waals surface area contributed by atoms with E-state index in [2.05, 4.69) is 20.6 Å². The molecule has 1 fully saturated rings. The number of rotatable bonds is 8. The Morgan fingerprint density at radius 3 is 2.70 bits per heavy atom. The van der Waals surface area contributed by atoms with E-state index in [-0.39, 0.29) is 11.8 Å². The summed E-state index contributed by atoms with van der Waals surface area (Å²) >= 11 is 3.36. The molecule has 0 radical (unpaired) electrons. The van der Waals surface area contributed by atoms with Crippen LogP contribution in [-0.4, -0.2) is 70.8 Å². The van der Waals surface area contributed by atoms with Crippen LogP contribution in [0.1, 0.15) is 33.9 Å². The number of thioether (sulfide) groups is 1. The third kappa shape index (κ3) is 6.55. The Bertz CT molecular complexity index is 828. The second-order valence-electron chi connectivity index (χ2n) is 7.49. The first kappa shape index (κ1) is 22.8. The predicted molar refractivity (Wildman–Crippen MR) is 124 cm³/mol. The van der Waals surface area contributed by atoms with Crippen molar-refractivity contribution in [3.8, 4) is 0 Å². The molecule has 1 atom stereocenters. The van der Waals surface area contributed by atoms with Crippen molar-refractivity contribution in [2.24, 2.45) is 0 Å². The van der Waals surface area contributed by atoms with Crippen LogP contribution >= 0.6 is 23.1 Å². The number of thiazole rings is 1. The van der Waals surface area contributed by atoms with E-state index in [0.29, 0.717) is 18.5 Å². The Kier molecular flexibility index (Phi) is 8.72. The molecule has 2 aromatic rings. The second-order valence-corrected chi connectivity index (χ2v) is 9.53. The van der Waals surface area contributed by atoms with E-state index in [1.165, 1.54) is 0 Å². The molecular formula is C22H30N4O2S2. The third-order valence-corrected chi connectivity index (χ3v) is 6.67. The maximum absolute atomic E-state index is 13.3. The van der Waals surface area contributed by atoms with Gasteiger partial charge in [0.1, 0.15) is 6.04 Å². The molecule has 0 spiro atoms. The number of nitrogens with zero attached hydrogens (tertiary/aromatic N) is 3. The van der Waals surface area contributed by atoms with Crippen molar-refractivity contribution in [1.29, 1.82) is 0 Å². The Hall–Kier alpha value is -1.90. The van der Waals surface area contributed by atoms with Gasteiger partial charge in [0.25, 0.3) is 5.91 Å². The minimum Gasteiger partial charge on any atom is -0.340 e. The van der Waals surface area contributed by atoms with E-state index in [1.807, 2.05) is 36.3 Å². The number of benzene rings is 1. The van der Waals surface area contributed by atoms with Gasteiger partial charge in [0.05, 0.1) is 10.7 Å². The van der Waals surface area contributed by atoms with Crippen LogP contribution in [0.25, 0.3) is 0 Å². The van der Waals surface area contributed by atoms with E-state index in [4.69, 9.17) is 0 Å². The van der Waals surface area contributed by atoms with E-state index < -0.39 is 6.04 Å². The first-order valence-electron chi connectivity index (χ1n) is 10.3. The first-order valence-corrected chi connectivity index (χ1v) is 12.6. The number of nitrogens with one attached hydrogen (secondary N) is 1. The van der Waals surface area contributed by atoms with Crippen molar-refractivity contribution < 1.29 is 9.59 Å². The van der Waals surface area contributed by atoms with E-state index >= 15 is 0 Å². The van der Waals surface area contributed by atoms with E-state index in [9.17, 15) is 9.59 Å². The lowest BCUT2D eigenvalue weighted by Gasteiger charge is -2.27. The van der Waals surface area contributed by atoms with Crippen LogP contribution in [0.5, 0.6) is 0 Å². The minimum atomic E-state index is -0.488. The smallest absolute Gasteiger partial charge is 0.251 e. The topological polar surface area (TPSA) is 65.5 Å². The largest absolute Gasteiger partial charge is 0.340 e. The second kappa shape index (κ2) is 11.5. The lowest BCUT2D eigenvalue weighted by atomic mass is 10.1. The molecule has 1 aliphatic rings. The molecule has 0 saturated carbocycles. The van der Waals surface area contributed by atoms with Crippen molar-refractivity contribution >= 4 is 34.9 Å². The molecule has 2 heterocycles. The van der Waals surface area contributed by atoms with Gasteiger partial charge in [-0.15, -0.1) is 11.3 Å². The molecule has 6 nitrogen and oxygen atoms in total. The van der Waals surface area contributed by atoms with Crippen molar-refractivity contribution in [1.82, 2.24) is 20.1 Å².